The van der Waals surface area contributed by atoms with Crippen LogP contribution in [0.5, 0.6) is 0 Å². The minimum absolute atomic E-state index is 0.193. The molecule has 1 aromatic carbocycles. The van der Waals surface area contributed by atoms with Crippen LogP contribution < -0.4 is 4.90 Å². The Hall–Kier alpha value is -1.65. The van der Waals surface area contributed by atoms with E-state index in [9.17, 15) is 4.79 Å². The van der Waals surface area contributed by atoms with Crippen molar-refractivity contribution < 1.29 is 4.79 Å². The molecule has 1 unspecified atom stereocenters. The number of carbonyl (C=O) groups is 1. The van der Waals surface area contributed by atoms with Crippen LogP contribution in [0.4, 0.5) is 5.69 Å². The molecule has 0 radical (unpaired) electrons. The summed E-state index contributed by atoms with van der Waals surface area (Å²) in [5.74, 6) is 0.193. The van der Waals surface area contributed by atoms with Crippen molar-refractivity contribution in [3.63, 3.8) is 0 Å². The summed E-state index contributed by atoms with van der Waals surface area (Å²) in [7, 11) is 2.03. The Morgan fingerprint density at radius 2 is 2.14 bits per heavy atom. The number of hydrogen-bond acceptors (Lipinski definition) is 3. The average molecular weight is 314 g/mol. The van der Waals surface area contributed by atoms with Gasteiger partial charge in [-0.25, -0.2) is 0 Å². The predicted octanol–water partition coefficient (Wildman–Crippen LogP) is 3.72. The number of carbonyl (C=O) groups excluding carboxylic acids is 1. The maximum Gasteiger partial charge on any atom is 0.241 e. The van der Waals surface area contributed by atoms with E-state index in [0.29, 0.717) is 6.54 Å². The van der Waals surface area contributed by atoms with Crippen molar-refractivity contribution in [1.29, 1.82) is 0 Å². The van der Waals surface area contributed by atoms with Gasteiger partial charge in [0.2, 0.25) is 5.91 Å². The zero-order valence-electron chi connectivity index (χ0n) is 13.2. The lowest BCUT2D eigenvalue weighted by molar-refractivity contribution is -0.120. The van der Waals surface area contributed by atoms with E-state index < -0.39 is 0 Å². The number of hydrogen-bond donors (Lipinski definition) is 0. The quantitative estimate of drug-likeness (QED) is 0.858. The van der Waals surface area contributed by atoms with Gasteiger partial charge >= 0.3 is 0 Å². The Morgan fingerprint density at radius 1 is 1.32 bits per heavy atom. The Morgan fingerprint density at radius 3 is 2.91 bits per heavy atom. The molecule has 0 N–H and O–H groups in total. The summed E-state index contributed by atoms with van der Waals surface area (Å²) in [6.07, 6.45) is 2.12. The van der Waals surface area contributed by atoms with E-state index in [-0.39, 0.29) is 11.9 Å². The second-order valence-electron chi connectivity index (χ2n) is 5.88. The predicted molar refractivity (Wildman–Crippen MR) is 92.5 cm³/mol. The van der Waals surface area contributed by atoms with Crippen LogP contribution in [0.1, 0.15) is 29.8 Å². The maximum atomic E-state index is 12.7. The van der Waals surface area contributed by atoms with Gasteiger partial charge < -0.3 is 4.90 Å². The average Bonchev–Trinajstić information content (AvgIpc) is 3.07. The molecule has 0 saturated heterocycles. The molecule has 0 saturated carbocycles. The zero-order chi connectivity index (χ0) is 15.5. The van der Waals surface area contributed by atoms with Crippen LogP contribution in [-0.2, 0) is 11.2 Å². The summed E-state index contributed by atoms with van der Waals surface area (Å²) >= 11 is 1.74. The van der Waals surface area contributed by atoms with Crippen molar-refractivity contribution in [2.75, 3.05) is 25.0 Å². The first kappa shape index (κ1) is 15.3. The molecule has 1 amide bonds. The zero-order valence-corrected chi connectivity index (χ0v) is 14.0. The molecular formula is C18H22N2OS. The van der Waals surface area contributed by atoms with Crippen LogP contribution in [0, 0.1) is 0 Å². The molecule has 0 spiro atoms. The minimum atomic E-state index is 0.193. The van der Waals surface area contributed by atoms with Gasteiger partial charge in [0.05, 0.1) is 6.54 Å². The maximum absolute atomic E-state index is 12.7. The molecule has 2 aromatic rings. The first-order chi connectivity index (χ1) is 10.7. The van der Waals surface area contributed by atoms with E-state index in [1.165, 1.54) is 10.4 Å². The highest BCUT2D eigenvalue weighted by Gasteiger charge is 2.24. The number of nitrogens with zero attached hydrogens (tertiary/aromatic N) is 2. The van der Waals surface area contributed by atoms with E-state index >= 15 is 0 Å². The second-order valence-corrected chi connectivity index (χ2v) is 6.86. The molecule has 0 aliphatic carbocycles. The van der Waals surface area contributed by atoms with Crippen LogP contribution >= 0.6 is 11.3 Å². The van der Waals surface area contributed by atoms with Gasteiger partial charge in [-0.2, -0.15) is 0 Å². The van der Waals surface area contributed by atoms with E-state index in [4.69, 9.17) is 0 Å². The summed E-state index contributed by atoms with van der Waals surface area (Å²) in [4.78, 5) is 18.1. The third-order valence-electron chi connectivity index (χ3n) is 4.41. The van der Waals surface area contributed by atoms with Crippen molar-refractivity contribution in [3.8, 4) is 0 Å². The summed E-state index contributed by atoms with van der Waals surface area (Å²) < 4.78 is 0. The lowest BCUT2D eigenvalue weighted by atomic mass is 10.0. The van der Waals surface area contributed by atoms with Gasteiger partial charge in [0, 0.05) is 23.2 Å². The molecule has 0 bridgehead atoms. The number of rotatable bonds is 4. The monoisotopic (exact) mass is 314 g/mol. The van der Waals surface area contributed by atoms with Gasteiger partial charge in [0.15, 0.2) is 0 Å². The highest BCUT2D eigenvalue weighted by Crippen LogP contribution is 2.28. The molecular weight excluding hydrogens is 292 g/mol. The molecule has 3 rings (SSSR count). The highest BCUT2D eigenvalue weighted by atomic mass is 32.1. The molecule has 0 fully saturated rings. The Kier molecular flexibility index (Phi) is 4.60. The molecule has 2 heterocycles. The molecule has 1 aromatic heterocycles. The molecule has 3 nitrogen and oxygen atoms in total. The van der Waals surface area contributed by atoms with Gasteiger partial charge in [0.25, 0.3) is 0 Å². The van der Waals surface area contributed by atoms with E-state index in [0.717, 1.165) is 25.1 Å². The lowest BCUT2D eigenvalue weighted by Crippen LogP contribution is -2.42. The summed E-state index contributed by atoms with van der Waals surface area (Å²) in [6, 6.07) is 12.7. The topological polar surface area (TPSA) is 23.6 Å². The number of likely N-dealkylation sites (N-methyl/N-ethyl adjacent to an activating group) is 1. The summed E-state index contributed by atoms with van der Waals surface area (Å²) in [5, 5.41) is 2.09. The molecule has 1 aliphatic heterocycles. The van der Waals surface area contributed by atoms with Gasteiger partial charge in [-0.05, 0) is 49.9 Å². The number of amides is 1. The van der Waals surface area contributed by atoms with Gasteiger partial charge in [-0.15, -0.1) is 11.3 Å². The second kappa shape index (κ2) is 6.63. The first-order valence-corrected chi connectivity index (χ1v) is 8.66. The van der Waals surface area contributed by atoms with Crippen LogP contribution in [0.15, 0.2) is 41.8 Å². The van der Waals surface area contributed by atoms with Crippen LogP contribution in [0.3, 0.4) is 0 Å². The summed E-state index contributed by atoms with van der Waals surface area (Å²) in [5.41, 5.74) is 2.38. The number of para-hydroxylation sites is 1. The van der Waals surface area contributed by atoms with E-state index in [1.807, 2.05) is 18.0 Å². The standard InChI is InChI=1S/C18H22N2OS/c1-14(17-10-6-12-22-17)19(2)13-18(21)20-11-5-8-15-7-3-4-9-16(15)20/h3-4,6-7,9-10,12,14H,5,8,11,13H2,1-2H3. The molecule has 1 aliphatic rings. The van der Waals surface area contributed by atoms with Gasteiger partial charge in [-0.3, -0.25) is 9.69 Å². The van der Waals surface area contributed by atoms with Crippen LogP contribution in [0.25, 0.3) is 0 Å². The summed E-state index contributed by atoms with van der Waals surface area (Å²) in [6.45, 7) is 3.44. The van der Waals surface area contributed by atoms with Gasteiger partial charge in [-0.1, -0.05) is 24.3 Å². The van der Waals surface area contributed by atoms with Crippen molar-refractivity contribution in [2.24, 2.45) is 0 Å². The fourth-order valence-electron chi connectivity index (χ4n) is 2.97. The largest absolute Gasteiger partial charge is 0.311 e. The highest BCUT2D eigenvalue weighted by molar-refractivity contribution is 7.10. The normalized spacial score (nSPS) is 15.7. The Labute approximate surface area is 136 Å². The fraction of sp³-hybridized carbons (Fsp3) is 0.389. The van der Waals surface area contributed by atoms with Crippen molar-refractivity contribution >= 4 is 22.9 Å². The number of fused-ring (bicyclic) bond motifs is 1. The molecule has 22 heavy (non-hydrogen) atoms. The van der Waals surface area contributed by atoms with Crippen LogP contribution in [-0.4, -0.2) is 30.9 Å². The molecule has 4 heteroatoms. The van der Waals surface area contributed by atoms with Gasteiger partial charge in [0.1, 0.15) is 0 Å². The number of benzene rings is 1. The number of thiophene rings is 1. The fourth-order valence-corrected chi connectivity index (χ4v) is 3.82. The smallest absolute Gasteiger partial charge is 0.241 e. The Balaban J connectivity index is 1.70. The SMILES string of the molecule is CC(c1cccs1)N(C)CC(=O)N1CCCc2ccccc21. The third kappa shape index (κ3) is 3.08. The van der Waals surface area contributed by atoms with Crippen molar-refractivity contribution in [1.82, 2.24) is 4.90 Å². The molecule has 1 atom stereocenters. The lowest BCUT2D eigenvalue weighted by Gasteiger charge is -2.32. The number of anilines is 1. The van der Waals surface area contributed by atoms with E-state index in [2.05, 4.69) is 47.5 Å². The minimum Gasteiger partial charge on any atom is -0.311 e. The van der Waals surface area contributed by atoms with Crippen LogP contribution in [0.2, 0.25) is 0 Å². The first-order valence-electron chi connectivity index (χ1n) is 7.78. The third-order valence-corrected chi connectivity index (χ3v) is 5.45. The van der Waals surface area contributed by atoms with Crippen molar-refractivity contribution in [2.45, 2.75) is 25.8 Å². The van der Waals surface area contributed by atoms with Crippen molar-refractivity contribution in [3.05, 3.63) is 52.2 Å². The van der Waals surface area contributed by atoms with E-state index in [1.54, 1.807) is 11.3 Å². The number of aryl methyl sites for hydroxylation is 1. The Bertz CT molecular complexity index is 638. The molecule has 116 valence electrons.